The lowest BCUT2D eigenvalue weighted by molar-refractivity contribution is -0.141. The summed E-state index contributed by atoms with van der Waals surface area (Å²) in [6.45, 7) is 6.95. The van der Waals surface area contributed by atoms with Gasteiger partial charge in [-0.25, -0.2) is 12.8 Å². The smallest absolute Gasteiger partial charge is 0.264 e. The Kier molecular flexibility index (Phi) is 9.27. The third-order valence-corrected chi connectivity index (χ3v) is 7.59. The predicted molar refractivity (Wildman–Crippen MR) is 146 cm³/mol. The number of carbonyl (C=O) groups is 2. The first kappa shape index (κ1) is 28.8. The van der Waals surface area contributed by atoms with Crippen molar-refractivity contribution >= 4 is 27.5 Å². The molecule has 0 aliphatic carbocycles. The molecule has 0 unspecified atom stereocenters. The standard InChI is InChI=1S/C29H34FN3O4S/c1-5-26(28(35)31-29(2,3)4)32(20-22-12-8-6-9-13-22)27(34)21-33(24-14-10-7-11-15-24)38(36,37)25-18-16-23(30)17-19-25/h6-19,26H,5,20-21H2,1-4H3,(H,31,35)/t26-/m1/s1. The minimum atomic E-state index is -4.24. The normalized spacial score (nSPS) is 12.4. The number of rotatable bonds is 10. The molecule has 3 rings (SSSR count). The molecule has 0 spiro atoms. The summed E-state index contributed by atoms with van der Waals surface area (Å²) in [5.74, 6) is -1.44. The number of para-hydroxylation sites is 1. The van der Waals surface area contributed by atoms with Gasteiger partial charge in [0.1, 0.15) is 18.4 Å². The fourth-order valence-corrected chi connectivity index (χ4v) is 5.42. The van der Waals surface area contributed by atoms with E-state index in [1.807, 2.05) is 58.0 Å². The highest BCUT2D eigenvalue weighted by molar-refractivity contribution is 7.92. The number of nitrogens with zero attached hydrogens (tertiary/aromatic N) is 2. The van der Waals surface area contributed by atoms with Gasteiger partial charge in [0.25, 0.3) is 10.0 Å². The molecule has 0 heterocycles. The van der Waals surface area contributed by atoms with Crippen LogP contribution >= 0.6 is 0 Å². The Morgan fingerprint density at radius 1 is 0.895 bits per heavy atom. The van der Waals surface area contributed by atoms with Gasteiger partial charge in [0.05, 0.1) is 10.6 Å². The lowest BCUT2D eigenvalue weighted by atomic mass is 10.1. The summed E-state index contributed by atoms with van der Waals surface area (Å²) in [5.41, 5.74) is 0.557. The number of hydrogen-bond acceptors (Lipinski definition) is 4. The Morgan fingerprint density at radius 2 is 1.45 bits per heavy atom. The largest absolute Gasteiger partial charge is 0.350 e. The van der Waals surface area contributed by atoms with Crippen molar-refractivity contribution in [1.82, 2.24) is 10.2 Å². The maximum Gasteiger partial charge on any atom is 0.264 e. The first-order valence-electron chi connectivity index (χ1n) is 12.4. The van der Waals surface area contributed by atoms with Crippen LogP contribution in [0.1, 0.15) is 39.7 Å². The number of benzene rings is 3. The van der Waals surface area contributed by atoms with Crippen LogP contribution in [-0.4, -0.2) is 43.3 Å². The molecule has 7 nitrogen and oxygen atoms in total. The fraction of sp³-hybridized carbons (Fsp3) is 0.310. The molecule has 0 aromatic heterocycles. The van der Waals surface area contributed by atoms with Crippen molar-refractivity contribution in [2.45, 2.75) is 57.1 Å². The van der Waals surface area contributed by atoms with Crippen LogP contribution in [0, 0.1) is 5.82 Å². The van der Waals surface area contributed by atoms with E-state index in [9.17, 15) is 22.4 Å². The molecular weight excluding hydrogens is 505 g/mol. The highest BCUT2D eigenvalue weighted by atomic mass is 32.2. The molecule has 0 aliphatic rings. The number of sulfonamides is 1. The summed E-state index contributed by atoms with van der Waals surface area (Å²) in [7, 11) is -4.24. The zero-order valence-corrected chi connectivity index (χ0v) is 22.9. The van der Waals surface area contributed by atoms with E-state index in [1.165, 1.54) is 17.0 Å². The van der Waals surface area contributed by atoms with Crippen molar-refractivity contribution in [2.75, 3.05) is 10.8 Å². The summed E-state index contributed by atoms with van der Waals surface area (Å²) in [5, 5.41) is 2.94. The van der Waals surface area contributed by atoms with E-state index in [2.05, 4.69) is 5.32 Å². The minimum Gasteiger partial charge on any atom is -0.350 e. The Morgan fingerprint density at radius 3 is 1.97 bits per heavy atom. The third kappa shape index (κ3) is 7.41. The second-order valence-electron chi connectivity index (χ2n) is 9.97. The Labute approximate surface area is 224 Å². The van der Waals surface area contributed by atoms with Gasteiger partial charge < -0.3 is 10.2 Å². The van der Waals surface area contributed by atoms with Gasteiger partial charge in [0.15, 0.2) is 0 Å². The number of carbonyl (C=O) groups excluding carboxylic acids is 2. The number of anilines is 1. The average Bonchev–Trinajstić information content (AvgIpc) is 2.87. The quantitative estimate of drug-likeness (QED) is 0.403. The van der Waals surface area contributed by atoms with Crippen LogP contribution in [0.2, 0.25) is 0 Å². The van der Waals surface area contributed by atoms with Crippen molar-refractivity contribution < 1.29 is 22.4 Å². The molecule has 0 saturated carbocycles. The Bertz CT molecular complexity index is 1330. The molecule has 3 aromatic rings. The van der Waals surface area contributed by atoms with E-state index < -0.39 is 39.9 Å². The molecule has 38 heavy (non-hydrogen) atoms. The van der Waals surface area contributed by atoms with E-state index >= 15 is 0 Å². The monoisotopic (exact) mass is 539 g/mol. The lowest BCUT2D eigenvalue weighted by Crippen LogP contribution is -2.55. The molecular formula is C29H34FN3O4S. The number of halogens is 1. The van der Waals surface area contributed by atoms with Gasteiger partial charge in [0.2, 0.25) is 11.8 Å². The zero-order valence-electron chi connectivity index (χ0n) is 22.1. The van der Waals surface area contributed by atoms with Crippen LogP contribution in [0.3, 0.4) is 0 Å². The number of amides is 2. The second-order valence-corrected chi connectivity index (χ2v) is 11.8. The summed E-state index contributed by atoms with van der Waals surface area (Å²) >= 11 is 0. The van der Waals surface area contributed by atoms with Crippen molar-refractivity contribution in [3.63, 3.8) is 0 Å². The molecule has 0 aliphatic heterocycles. The van der Waals surface area contributed by atoms with Gasteiger partial charge in [-0.2, -0.15) is 0 Å². The van der Waals surface area contributed by atoms with Gasteiger partial charge in [0, 0.05) is 12.1 Å². The predicted octanol–water partition coefficient (Wildman–Crippen LogP) is 4.74. The molecule has 9 heteroatoms. The Balaban J connectivity index is 2.03. The topological polar surface area (TPSA) is 86.8 Å². The summed E-state index contributed by atoms with van der Waals surface area (Å²) in [6.07, 6.45) is 0.330. The van der Waals surface area contributed by atoms with Crippen LogP contribution in [-0.2, 0) is 26.2 Å². The fourth-order valence-electron chi connectivity index (χ4n) is 4.01. The molecule has 202 valence electrons. The highest BCUT2D eigenvalue weighted by Crippen LogP contribution is 2.25. The summed E-state index contributed by atoms with van der Waals surface area (Å²) in [4.78, 5) is 28.4. The molecule has 1 N–H and O–H groups in total. The van der Waals surface area contributed by atoms with Crippen molar-refractivity contribution in [3.05, 3.63) is 96.3 Å². The highest BCUT2D eigenvalue weighted by Gasteiger charge is 2.34. The first-order chi connectivity index (χ1) is 17.9. The van der Waals surface area contributed by atoms with Crippen LogP contribution in [0.4, 0.5) is 10.1 Å². The maximum atomic E-state index is 13.9. The molecule has 2 amide bonds. The SMILES string of the molecule is CC[C@H](C(=O)NC(C)(C)C)N(Cc1ccccc1)C(=O)CN(c1ccccc1)S(=O)(=O)c1ccc(F)cc1. The molecule has 0 bridgehead atoms. The van der Waals surface area contributed by atoms with Crippen LogP contribution < -0.4 is 9.62 Å². The van der Waals surface area contributed by atoms with E-state index in [-0.39, 0.29) is 23.0 Å². The van der Waals surface area contributed by atoms with E-state index in [0.29, 0.717) is 6.42 Å². The summed E-state index contributed by atoms with van der Waals surface area (Å²) in [6, 6.07) is 21.1. The lowest BCUT2D eigenvalue weighted by Gasteiger charge is -2.34. The Hall–Kier alpha value is -3.72. The number of nitrogens with one attached hydrogen (secondary N) is 1. The van der Waals surface area contributed by atoms with Crippen molar-refractivity contribution in [1.29, 1.82) is 0 Å². The van der Waals surface area contributed by atoms with Crippen LogP contribution in [0.25, 0.3) is 0 Å². The van der Waals surface area contributed by atoms with Crippen LogP contribution in [0.15, 0.2) is 89.8 Å². The molecule has 0 radical (unpaired) electrons. The van der Waals surface area contributed by atoms with Crippen molar-refractivity contribution in [2.24, 2.45) is 0 Å². The minimum absolute atomic E-state index is 0.120. The summed E-state index contributed by atoms with van der Waals surface area (Å²) < 4.78 is 41.9. The third-order valence-electron chi connectivity index (χ3n) is 5.80. The first-order valence-corrected chi connectivity index (χ1v) is 13.8. The van der Waals surface area contributed by atoms with Gasteiger partial charge in [-0.15, -0.1) is 0 Å². The maximum absolute atomic E-state index is 13.9. The van der Waals surface area contributed by atoms with Crippen molar-refractivity contribution in [3.8, 4) is 0 Å². The van der Waals surface area contributed by atoms with E-state index in [4.69, 9.17) is 0 Å². The molecule has 3 aromatic carbocycles. The van der Waals surface area contributed by atoms with E-state index in [0.717, 1.165) is 22.0 Å². The van der Waals surface area contributed by atoms with Gasteiger partial charge in [-0.3, -0.25) is 13.9 Å². The van der Waals surface area contributed by atoms with Gasteiger partial charge in [-0.1, -0.05) is 55.5 Å². The molecule has 0 fully saturated rings. The van der Waals surface area contributed by atoms with Gasteiger partial charge in [-0.05, 0) is 69.2 Å². The zero-order chi connectivity index (χ0) is 27.9. The molecule has 0 saturated heterocycles. The molecule has 1 atom stereocenters. The number of hydrogen-bond donors (Lipinski definition) is 1. The average molecular weight is 540 g/mol. The van der Waals surface area contributed by atoms with Crippen LogP contribution in [0.5, 0.6) is 0 Å². The second kappa shape index (κ2) is 12.2. The van der Waals surface area contributed by atoms with E-state index in [1.54, 1.807) is 30.3 Å². The van der Waals surface area contributed by atoms with Gasteiger partial charge >= 0.3 is 0 Å².